The molecule has 0 saturated heterocycles. The largest absolute Gasteiger partial charge is 0.271 e. The number of halogens is 4. The van der Waals surface area contributed by atoms with E-state index < -0.39 is 11.6 Å². The zero-order valence-corrected chi connectivity index (χ0v) is 12.6. The highest BCUT2D eigenvalue weighted by atomic mass is 35.5. The zero-order chi connectivity index (χ0) is 15.4. The van der Waals surface area contributed by atoms with Crippen molar-refractivity contribution < 1.29 is 8.78 Å². The molecule has 3 N–H and O–H groups in total. The zero-order valence-electron chi connectivity index (χ0n) is 11.0. The SMILES string of the molecule is NNC(Cc1ccc(F)cc1Cl)Cc1cccc(Cl)c1F. The lowest BCUT2D eigenvalue weighted by molar-refractivity contribution is 0.506. The van der Waals surface area contributed by atoms with Crippen LogP contribution in [0.5, 0.6) is 0 Å². The van der Waals surface area contributed by atoms with E-state index in [0.29, 0.717) is 23.4 Å². The molecule has 21 heavy (non-hydrogen) atoms. The normalized spacial score (nSPS) is 12.4. The van der Waals surface area contributed by atoms with Gasteiger partial charge in [0, 0.05) is 11.1 Å². The van der Waals surface area contributed by atoms with Gasteiger partial charge in [0.2, 0.25) is 0 Å². The Hall–Kier alpha value is -1.20. The second-order valence-electron chi connectivity index (χ2n) is 4.72. The number of hydrazine groups is 1. The Balaban J connectivity index is 2.15. The van der Waals surface area contributed by atoms with Gasteiger partial charge in [0.15, 0.2) is 0 Å². The van der Waals surface area contributed by atoms with Crippen molar-refractivity contribution >= 4 is 23.2 Å². The van der Waals surface area contributed by atoms with E-state index in [1.807, 2.05) is 0 Å². The van der Waals surface area contributed by atoms with Crippen molar-refractivity contribution in [1.82, 2.24) is 5.43 Å². The third-order valence-corrected chi connectivity index (χ3v) is 3.86. The first-order chi connectivity index (χ1) is 10.0. The van der Waals surface area contributed by atoms with Gasteiger partial charge in [-0.3, -0.25) is 11.3 Å². The molecule has 2 nitrogen and oxygen atoms in total. The van der Waals surface area contributed by atoms with Gasteiger partial charge in [-0.15, -0.1) is 0 Å². The van der Waals surface area contributed by atoms with Crippen molar-refractivity contribution in [1.29, 1.82) is 0 Å². The fourth-order valence-corrected chi connectivity index (χ4v) is 2.55. The van der Waals surface area contributed by atoms with Crippen LogP contribution in [0.1, 0.15) is 11.1 Å². The van der Waals surface area contributed by atoms with Crippen molar-refractivity contribution in [2.45, 2.75) is 18.9 Å². The lowest BCUT2D eigenvalue weighted by Crippen LogP contribution is -2.38. The van der Waals surface area contributed by atoms with Crippen LogP contribution in [0, 0.1) is 11.6 Å². The molecule has 0 radical (unpaired) electrons. The third-order valence-electron chi connectivity index (χ3n) is 3.22. The Morgan fingerprint density at radius 3 is 2.38 bits per heavy atom. The summed E-state index contributed by atoms with van der Waals surface area (Å²) in [4.78, 5) is 0. The molecule has 2 aromatic carbocycles. The van der Waals surface area contributed by atoms with Crippen LogP contribution >= 0.6 is 23.2 Å². The van der Waals surface area contributed by atoms with E-state index in [1.165, 1.54) is 18.2 Å². The average Bonchev–Trinajstić information content (AvgIpc) is 2.45. The van der Waals surface area contributed by atoms with Crippen LogP contribution in [0.25, 0.3) is 0 Å². The van der Waals surface area contributed by atoms with Gasteiger partial charge in [0.25, 0.3) is 0 Å². The monoisotopic (exact) mass is 330 g/mol. The smallest absolute Gasteiger partial charge is 0.145 e. The van der Waals surface area contributed by atoms with Crippen molar-refractivity contribution in [3.05, 3.63) is 69.2 Å². The van der Waals surface area contributed by atoms with Gasteiger partial charge in [-0.25, -0.2) is 8.78 Å². The van der Waals surface area contributed by atoms with Crippen molar-refractivity contribution in [3.63, 3.8) is 0 Å². The first-order valence-electron chi connectivity index (χ1n) is 6.34. The molecule has 1 unspecified atom stereocenters. The molecule has 0 aliphatic heterocycles. The van der Waals surface area contributed by atoms with Crippen LogP contribution in [0.4, 0.5) is 8.78 Å². The van der Waals surface area contributed by atoms with Crippen LogP contribution in [-0.4, -0.2) is 6.04 Å². The molecule has 0 aliphatic rings. The highest BCUT2D eigenvalue weighted by Crippen LogP contribution is 2.22. The Labute approximate surface area is 131 Å². The van der Waals surface area contributed by atoms with Crippen molar-refractivity contribution in [3.8, 4) is 0 Å². The van der Waals surface area contributed by atoms with Gasteiger partial charge in [-0.2, -0.15) is 0 Å². The van der Waals surface area contributed by atoms with E-state index in [4.69, 9.17) is 29.0 Å². The van der Waals surface area contributed by atoms with E-state index >= 15 is 0 Å². The minimum Gasteiger partial charge on any atom is -0.271 e. The first-order valence-corrected chi connectivity index (χ1v) is 7.09. The topological polar surface area (TPSA) is 38.0 Å². The minimum absolute atomic E-state index is 0.0723. The Kier molecular flexibility index (Phi) is 5.53. The summed E-state index contributed by atoms with van der Waals surface area (Å²) in [7, 11) is 0. The molecule has 1 atom stereocenters. The molecule has 0 aromatic heterocycles. The first kappa shape index (κ1) is 16.2. The molecule has 0 aliphatic carbocycles. The number of nitrogens with two attached hydrogens (primary N) is 1. The highest BCUT2D eigenvalue weighted by molar-refractivity contribution is 6.31. The maximum Gasteiger partial charge on any atom is 0.145 e. The Morgan fingerprint density at radius 2 is 1.71 bits per heavy atom. The lowest BCUT2D eigenvalue weighted by atomic mass is 9.99. The summed E-state index contributed by atoms with van der Waals surface area (Å²) in [6.45, 7) is 0. The van der Waals surface area contributed by atoms with E-state index in [9.17, 15) is 8.78 Å². The molecular weight excluding hydrogens is 317 g/mol. The third kappa shape index (κ3) is 4.14. The molecule has 0 fully saturated rings. The molecule has 6 heteroatoms. The van der Waals surface area contributed by atoms with Crippen molar-refractivity contribution in [2.75, 3.05) is 0 Å². The summed E-state index contributed by atoms with van der Waals surface area (Å²) in [5, 5.41) is 0.393. The predicted octanol–water partition coefficient (Wildman–Crippen LogP) is 3.89. The molecule has 0 spiro atoms. The van der Waals surface area contributed by atoms with E-state index in [0.717, 1.165) is 5.56 Å². The molecule has 2 rings (SSSR count). The molecule has 0 saturated carbocycles. The summed E-state index contributed by atoms with van der Waals surface area (Å²) in [5.41, 5.74) is 3.83. The number of nitrogens with one attached hydrogen (secondary N) is 1. The van der Waals surface area contributed by atoms with Crippen molar-refractivity contribution in [2.24, 2.45) is 5.84 Å². The fourth-order valence-electron chi connectivity index (χ4n) is 2.11. The molecular formula is C15H14Cl2F2N2. The van der Waals surface area contributed by atoms with E-state index in [-0.39, 0.29) is 11.1 Å². The van der Waals surface area contributed by atoms with Gasteiger partial charge >= 0.3 is 0 Å². The molecule has 2 aromatic rings. The maximum absolute atomic E-state index is 13.9. The minimum atomic E-state index is -0.454. The van der Waals surface area contributed by atoms with Gasteiger partial charge in [0.05, 0.1) is 5.02 Å². The van der Waals surface area contributed by atoms with Crippen LogP contribution in [-0.2, 0) is 12.8 Å². The Bertz CT molecular complexity index is 635. The van der Waals surface area contributed by atoms with Gasteiger partial charge in [0.1, 0.15) is 11.6 Å². The molecule has 112 valence electrons. The summed E-state index contributed by atoms with van der Waals surface area (Å²) in [6.07, 6.45) is 0.790. The van der Waals surface area contributed by atoms with Gasteiger partial charge < -0.3 is 0 Å². The molecule has 0 bridgehead atoms. The number of hydrogen-bond donors (Lipinski definition) is 2. The lowest BCUT2D eigenvalue weighted by Gasteiger charge is -2.17. The maximum atomic E-state index is 13.9. The summed E-state index contributed by atoms with van der Waals surface area (Å²) < 4.78 is 26.9. The Morgan fingerprint density at radius 1 is 1.00 bits per heavy atom. The predicted molar refractivity (Wildman–Crippen MR) is 81.3 cm³/mol. The quantitative estimate of drug-likeness (QED) is 0.644. The fraction of sp³-hybridized carbons (Fsp3) is 0.200. The standard InChI is InChI=1S/C15H14Cl2F2N2/c16-13-3-1-2-10(15(13)19)7-12(21-20)6-9-4-5-11(18)8-14(9)17/h1-5,8,12,21H,6-7,20H2. The van der Waals surface area contributed by atoms with Crippen LogP contribution in [0.15, 0.2) is 36.4 Å². The second-order valence-corrected chi connectivity index (χ2v) is 5.53. The van der Waals surface area contributed by atoms with Gasteiger partial charge in [-0.05, 0) is 42.2 Å². The number of hydrogen-bond acceptors (Lipinski definition) is 2. The number of rotatable bonds is 5. The second kappa shape index (κ2) is 7.18. The van der Waals surface area contributed by atoms with Crippen LogP contribution < -0.4 is 11.3 Å². The highest BCUT2D eigenvalue weighted by Gasteiger charge is 2.15. The average molecular weight is 331 g/mol. The van der Waals surface area contributed by atoms with Gasteiger partial charge in [-0.1, -0.05) is 41.4 Å². The summed E-state index contributed by atoms with van der Waals surface area (Å²) in [6, 6.07) is 8.73. The molecule has 0 heterocycles. The number of benzene rings is 2. The summed E-state index contributed by atoms with van der Waals surface area (Å²) >= 11 is 11.7. The van der Waals surface area contributed by atoms with Crippen LogP contribution in [0.3, 0.4) is 0 Å². The van der Waals surface area contributed by atoms with E-state index in [2.05, 4.69) is 5.43 Å². The van der Waals surface area contributed by atoms with Crippen LogP contribution in [0.2, 0.25) is 10.0 Å². The summed E-state index contributed by atoms with van der Waals surface area (Å²) in [5.74, 6) is 4.66. The van der Waals surface area contributed by atoms with E-state index in [1.54, 1.807) is 18.2 Å². The molecule has 0 amide bonds.